The van der Waals surface area contributed by atoms with Gasteiger partial charge in [0.25, 0.3) is 5.92 Å². The zero-order valence-electron chi connectivity index (χ0n) is 13.1. The van der Waals surface area contributed by atoms with Gasteiger partial charge in [0, 0.05) is 51.0 Å². The quantitative estimate of drug-likeness (QED) is 0.780. The summed E-state index contributed by atoms with van der Waals surface area (Å²) in [5.74, 6) is -0.673. The summed E-state index contributed by atoms with van der Waals surface area (Å²) in [7, 11) is 0. The molecule has 1 fully saturated rings. The Hall–Kier alpha value is -2.36. The van der Waals surface area contributed by atoms with Crippen LogP contribution in [0.3, 0.4) is 0 Å². The molecule has 0 spiro atoms. The highest BCUT2D eigenvalue weighted by atomic mass is 19.3. The van der Waals surface area contributed by atoms with Crippen molar-refractivity contribution in [2.45, 2.75) is 49.1 Å². The first kappa shape index (κ1) is 16.5. The summed E-state index contributed by atoms with van der Waals surface area (Å²) < 4.78 is 27.0. The van der Waals surface area contributed by atoms with E-state index in [1.165, 1.54) is 6.20 Å². The van der Waals surface area contributed by atoms with Gasteiger partial charge in [0.15, 0.2) is 5.66 Å². The van der Waals surface area contributed by atoms with Crippen LogP contribution in [0.2, 0.25) is 0 Å². The van der Waals surface area contributed by atoms with E-state index in [1.54, 1.807) is 18.3 Å². The lowest BCUT2D eigenvalue weighted by Gasteiger charge is -2.46. The van der Waals surface area contributed by atoms with Gasteiger partial charge >= 0.3 is 0 Å². The number of nitrogens with zero attached hydrogens (tertiary/aromatic N) is 3. The molecule has 0 atom stereocenters. The number of rotatable bonds is 7. The SMILES string of the molecule is C#CCCC1(CCNC(=O)C2(c3cccnc3)CC(F)(F)C2)N=N1. The summed E-state index contributed by atoms with van der Waals surface area (Å²) in [6, 6.07) is 3.32. The first-order valence-corrected chi connectivity index (χ1v) is 7.86. The molecule has 5 nitrogen and oxygen atoms in total. The van der Waals surface area contributed by atoms with Crippen molar-refractivity contribution in [2.75, 3.05) is 6.54 Å². The Balaban J connectivity index is 1.61. The van der Waals surface area contributed by atoms with Crippen LogP contribution in [0.1, 0.15) is 37.7 Å². The number of hydrogen-bond donors (Lipinski definition) is 1. The monoisotopic (exact) mass is 332 g/mol. The Morgan fingerprint density at radius 2 is 2.08 bits per heavy atom. The van der Waals surface area contributed by atoms with E-state index < -0.39 is 35.7 Å². The maximum absolute atomic E-state index is 13.5. The van der Waals surface area contributed by atoms with Crippen LogP contribution in [0.15, 0.2) is 34.8 Å². The Morgan fingerprint density at radius 3 is 2.62 bits per heavy atom. The second kappa shape index (κ2) is 5.93. The normalized spacial score (nSPS) is 21.4. The minimum Gasteiger partial charge on any atom is -0.355 e. The lowest BCUT2D eigenvalue weighted by molar-refractivity contribution is -0.159. The van der Waals surface area contributed by atoms with Crippen LogP contribution in [0, 0.1) is 12.3 Å². The molecule has 0 saturated heterocycles. The van der Waals surface area contributed by atoms with Crippen molar-refractivity contribution >= 4 is 5.91 Å². The number of aromatic nitrogens is 1. The van der Waals surface area contributed by atoms with Gasteiger partial charge < -0.3 is 5.32 Å². The third-order valence-electron chi connectivity index (χ3n) is 4.63. The predicted molar refractivity (Wildman–Crippen MR) is 83.4 cm³/mol. The number of nitrogens with one attached hydrogen (secondary N) is 1. The second-order valence-corrected chi connectivity index (χ2v) is 6.43. The molecule has 126 valence electrons. The number of carbonyl (C=O) groups excluding carboxylic acids is 1. The maximum atomic E-state index is 13.5. The van der Waals surface area contributed by atoms with Gasteiger partial charge in [-0.05, 0) is 11.6 Å². The molecule has 1 aliphatic heterocycles. The number of terminal acetylenes is 1. The Morgan fingerprint density at radius 1 is 1.33 bits per heavy atom. The largest absolute Gasteiger partial charge is 0.355 e. The van der Waals surface area contributed by atoms with Gasteiger partial charge in [-0.3, -0.25) is 9.78 Å². The molecule has 0 unspecified atom stereocenters. The molecule has 3 rings (SSSR count). The molecule has 0 bridgehead atoms. The van der Waals surface area contributed by atoms with E-state index in [4.69, 9.17) is 6.42 Å². The van der Waals surface area contributed by atoms with Crippen molar-refractivity contribution in [1.82, 2.24) is 10.3 Å². The summed E-state index contributed by atoms with van der Waals surface area (Å²) in [4.78, 5) is 16.5. The molecule has 2 heterocycles. The Kier molecular flexibility index (Phi) is 4.08. The third-order valence-corrected chi connectivity index (χ3v) is 4.63. The van der Waals surface area contributed by atoms with Crippen LogP contribution in [0.4, 0.5) is 8.78 Å². The average molecular weight is 332 g/mol. The van der Waals surface area contributed by atoms with Crippen molar-refractivity contribution in [2.24, 2.45) is 10.2 Å². The predicted octanol–water partition coefficient (Wildman–Crippen LogP) is 2.83. The summed E-state index contributed by atoms with van der Waals surface area (Å²) in [5, 5.41) is 10.8. The molecule has 0 radical (unpaired) electrons. The van der Waals surface area contributed by atoms with Gasteiger partial charge in [-0.2, -0.15) is 10.2 Å². The first-order chi connectivity index (χ1) is 11.4. The highest BCUT2D eigenvalue weighted by molar-refractivity contribution is 5.89. The van der Waals surface area contributed by atoms with Crippen LogP contribution in [-0.4, -0.2) is 29.0 Å². The van der Waals surface area contributed by atoms with E-state index in [0.29, 0.717) is 31.4 Å². The molecule has 1 aromatic rings. The fraction of sp³-hybridized carbons (Fsp3) is 0.529. The van der Waals surface area contributed by atoms with Gasteiger partial charge in [-0.15, -0.1) is 12.3 Å². The number of halogens is 2. The van der Waals surface area contributed by atoms with Gasteiger partial charge in [0.05, 0.1) is 5.41 Å². The standard InChI is InChI=1S/C17H18F2N4O/c1-2-3-6-17(22-23-17)7-9-21-14(24)15(11-16(18,19)12-15)13-5-4-8-20-10-13/h1,4-5,8,10H,3,6-7,9,11-12H2,(H,21,24). The van der Waals surface area contributed by atoms with Crippen LogP contribution in [0.5, 0.6) is 0 Å². The van der Waals surface area contributed by atoms with Crippen molar-refractivity contribution in [3.63, 3.8) is 0 Å². The average Bonchev–Trinajstić information content (AvgIpc) is 3.31. The van der Waals surface area contributed by atoms with Crippen LogP contribution in [-0.2, 0) is 10.2 Å². The van der Waals surface area contributed by atoms with E-state index in [-0.39, 0.29) is 0 Å². The number of alkyl halides is 2. The fourth-order valence-electron chi connectivity index (χ4n) is 3.19. The highest BCUT2D eigenvalue weighted by Gasteiger charge is 2.61. The zero-order chi connectivity index (χ0) is 17.3. The minimum absolute atomic E-state index is 0.323. The minimum atomic E-state index is -2.82. The molecule has 7 heteroatoms. The lowest BCUT2D eigenvalue weighted by Crippen LogP contribution is -2.58. The van der Waals surface area contributed by atoms with E-state index in [0.717, 1.165) is 0 Å². The van der Waals surface area contributed by atoms with Crippen LogP contribution >= 0.6 is 0 Å². The van der Waals surface area contributed by atoms with Gasteiger partial charge in [-0.1, -0.05) is 6.07 Å². The van der Waals surface area contributed by atoms with E-state index in [1.807, 2.05) is 0 Å². The third kappa shape index (κ3) is 3.14. The lowest BCUT2D eigenvalue weighted by atomic mass is 9.61. The number of pyridine rings is 1. The fourth-order valence-corrected chi connectivity index (χ4v) is 3.19. The molecular formula is C17H18F2N4O. The summed E-state index contributed by atoms with van der Waals surface area (Å²) in [5.41, 5.74) is -1.18. The molecule has 0 aromatic carbocycles. The van der Waals surface area contributed by atoms with Crippen LogP contribution < -0.4 is 5.32 Å². The van der Waals surface area contributed by atoms with Crippen molar-refractivity contribution < 1.29 is 13.6 Å². The van der Waals surface area contributed by atoms with Gasteiger partial charge in [-0.25, -0.2) is 8.78 Å². The topological polar surface area (TPSA) is 66.7 Å². The molecule has 1 N–H and O–H groups in total. The van der Waals surface area contributed by atoms with Crippen LogP contribution in [0.25, 0.3) is 0 Å². The zero-order valence-corrected chi connectivity index (χ0v) is 13.1. The van der Waals surface area contributed by atoms with Gasteiger partial charge in [0.2, 0.25) is 5.91 Å². The summed E-state index contributed by atoms with van der Waals surface area (Å²) in [6.45, 7) is 0.323. The molecule has 24 heavy (non-hydrogen) atoms. The second-order valence-electron chi connectivity index (χ2n) is 6.43. The summed E-state index contributed by atoms with van der Waals surface area (Å²) in [6.07, 6.45) is 9.02. The smallest absolute Gasteiger partial charge is 0.250 e. The maximum Gasteiger partial charge on any atom is 0.250 e. The van der Waals surface area contributed by atoms with E-state index in [9.17, 15) is 13.6 Å². The summed E-state index contributed by atoms with van der Waals surface area (Å²) >= 11 is 0. The Bertz CT molecular complexity index is 682. The molecular weight excluding hydrogens is 314 g/mol. The molecule has 1 saturated carbocycles. The number of carbonyl (C=O) groups is 1. The van der Waals surface area contributed by atoms with Crippen molar-refractivity contribution in [1.29, 1.82) is 0 Å². The van der Waals surface area contributed by atoms with Gasteiger partial charge in [0.1, 0.15) is 0 Å². The van der Waals surface area contributed by atoms with E-state index in [2.05, 4.69) is 26.4 Å². The molecule has 1 aliphatic carbocycles. The highest BCUT2D eigenvalue weighted by Crippen LogP contribution is 2.53. The molecule has 1 amide bonds. The number of hydrogen-bond acceptors (Lipinski definition) is 4. The molecule has 2 aliphatic rings. The van der Waals surface area contributed by atoms with E-state index >= 15 is 0 Å². The molecule has 1 aromatic heterocycles. The first-order valence-electron chi connectivity index (χ1n) is 7.86. The van der Waals surface area contributed by atoms with Crippen molar-refractivity contribution in [3.05, 3.63) is 30.1 Å². The van der Waals surface area contributed by atoms with Crippen molar-refractivity contribution in [3.8, 4) is 12.3 Å². The number of amides is 1. The Labute approximate surface area is 139 Å².